The molecule has 1 saturated heterocycles. The number of hydrogen-bond acceptors (Lipinski definition) is 5. The molecule has 0 radical (unpaired) electrons. The Kier molecular flexibility index (Phi) is 4.49. The fourth-order valence-electron chi connectivity index (χ4n) is 2.88. The number of aromatic carboxylic acids is 1. The molecule has 1 fully saturated rings. The molecule has 0 spiro atoms. The first-order chi connectivity index (χ1) is 10.6. The SMILES string of the molecule is CC1CCCN(Cc2nc(-c3ccccn3)c(C(=O)O)s2)C1. The minimum Gasteiger partial charge on any atom is -0.477 e. The molecule has 1 N–H and O–H groups in total. The molecular weight excluding hydrogens is 298 g/mol. The number of aromatic nitrogens is 2. The highest BCUT2D eigenvalue weighted by Crippen LogP contribution is 2.28. The summed E-state index contributed by atoms with van der Waals surface area (Å²) < 4.78 is 0. The van der Waals surface area contributed by atoms with Crippen molar-refractivity contribution in [2.45, 2.75) is 26.3 Å². The Hall–Kier alpha value is -1.79. The van der Waals surface area contributed by atoms with E-state index in [1.807, 2.05) is 12.1 Å². The lowest BCUT2D eigenvalue weighted by molar-refractivity contribution is 0.0702. The average molecular weight is 317 g/mol. The van der Waals surface area contributed by atoms with Gasteiger partial charge < -0.3 is 5.11 Å². The first kappa shape index (κ1) is 15.1. The summed E-state index contributed by atoms with van der Waals surface area (Å²) in [6.07, 6.45) is 4.13. The van der Waals surface area contributed by atoms with Gasteiger partial charge in [0.1, 0.15) is 15.6 Å². The average Bonchev–Trinajstić information content (AvgIpc) is 2.92. The van der Waals surface area contributed by atoms with Crippen molar-refractivity contribution in [3.05, 3.63) is 34.3 Å². The van der Waals surface area contributed by atoms with Crippen molar-refractivity contribution in [3.8, 4) is 11.4 Å². The third-order valence-electron chi connectivity index (χ3n) is 3.87. The van der Waals surface area contributed by atoms with Gasteiger partial charge >= 0.3 is 5.97 Å². The molecule has 1 atom stereocenters. The second kappa shape index (κ2) is 6.54. The molecule has 1 aliphatic heterocycles. The molecule has 0 aliphatic carbocycles. The molecule has 2 aromatic heterocycles. The Balaban J connectivity index is 1.85. The van der Waals surface area contributed by atoms with Gasteiger partial charge in [0.15, 0.2) is 0 Å². The van der Waals surface area contributed by atoms with E-state index in [9.17, 15) is 9.90 Å². The molecule has 0 amide bonds. The van der Waals surface area contributed by atoms with Crippen molar-refractivity contribution in [3.63, 3.8) is 0 Å². The first-order valence-corrected chi connectivity index (χ1v) is 8.32. The summed E-state index contributed by atoms with van der Waals surface area (Å²) in [5.41, 5.74) is 1.10. The van der Waals surface area contributed by atoms with Gasteiger partial charge in [-0.05, 0) is 37.4 Å². The molecule has 2 aromatic rings. The summed E-state index contributed by atoms with van der Waals surface area (Å²) >= 11 is 1.26. The van der Waals surface area contributed by atoms with Gasteiger partial charge in [0, 0.05) is 12.7 Å². The van der Waals surface area contributed by atoms with E-state index in [0.717, 1.165) is 24.6 Å². The summed E-state index contributed by atoms with van der Waals surface area (Å²) in [5, 5.41) is 10.3. The number of piperidine rings is 1. The van der Waals surface area contributed by atoms with E-state index < -0.39 is 5.97 Å². The van der Waals surface area contributed by atoms with Crippen LogP contribution in [0.25, 0.3) is 11.4 Å². The van der Waals surface area contributed by atoms with E-state index >= 15 is 0 Å². The summed E-state index contributed by atoms with van der Waals surface area (Å²) in [7, 11) is 0. The van der Waals surface area contributed by atoms with E-state index in [-0.39, 0.29) is 4.88 Å². The van der Waals surface area contributed by atoms with Gasteiger partial charge in [-0.1, -0.05) is 13.0 Å². The Morgan fingerprint density at radius 1 is 1.50 bits per heavy atom. The maximum absolute atomic E-state index is 11.5. The highest BCUT2D eigenvalue weighted by atomic mass is 32.1. The monoisotopic (exact) mass is 317 g/mol. The molecule has 5 nitrogen and oxygen atoms in total. The fourth-order valence-corrected chi connectivity index (χ4v) is 3.83. The van der Waals surface area contributed by atoms with Crippen LogP contribution in [0.2, 0.25) is 0 Å². The summed E-state index contributed by atoms with van der Waals surface area (Å²) in [5.74, 6) is -0.237. The van der Waals surface area contributed by atoms with Crippen LogP contribution in [0.5, 0.6) is 0 Å². The van der Waals surface area contributed by atoms with E-state index in [0.29, 0.717) is 17.3 Å². The Morgan fingerprint density at radius 3 is 3.05 bits per heavy atom. The smallest absolute Gasteiger partial charge is 0.348 e. The first-order valence-electron chi connectivity index (χ1n) is 7.50. The number of thiazole rings is 1. The predicted octanol–water partition coefficient (Wildman–Crippen LogP) is 3.14. The van der Waals surface area contributed by atoms with Crippen LogP contribution in [0.3, 0.4) is 0 Å². The molecule has 1 aliphatic rings. The third kappa shape index (κ3) is 3.34. The molecule has 22 heavy (non-hydrogen) atoms. The van der Waals surface area contributed by atoms with Crippen LogP contribution >= 0.6 is 11.3 Å². The van der Waals surface area contributed by atoms with Crippen LogP contribution in [-0.4, -0.2) is 39.0 Å². The number of hydrogen-bond donors (Lipinski definition) is 1. The lowest BCUT2D eigenvalue weighted by atomic mass is 10.0. The minimum atomic E-state index is -0.934. The van der Waals surface area contributed by atoms with Crippen molar-refractivity contribution in [2.75, 3.05) is 13.1 Å². The zero-order valence-electron chi connectivity index (χ0n) is 12.5. The zero-order chi connectivity index (χ0) is 15.5. The van der Waals surface area contributed by atoms with Gasteiger partial charge in [0.2, 0.25) is 0 Å². The molecule has 6 heteroatoms. The molecule has 0 aromatic carbocycles. The molecule has 0 bridgehead atoms. The van der Waals surface area contributed by atoms with Crippen molar-refractivity contribution < 1.29 is 9.90 Å². The van der Waals surface area contributed by atoms with Crippen LogP contribution in [0, 0.1) is 5.92 Å². The highest BCUT2D eigenvalue weighted by molar-refractivity contribution is 7.14. The Morgan fingerprint density at radius 2 is 2.36 bits per heavy atom. The standard InChI is InChI=1S/C16H19N3O2S/c1-11-5-4-8-19(9-11)10-13-18-14(15(22-13)16(20)21)12-6-2-3-7-17-12/h2-3,6-7,11H,4-5,8-10H2,1H3,(H,20,21). The number of pyridine rings is 1. The van der Waals surface area contributed by atoms with E-state index in [2.05, 4.69) is 21.8 Å². The van der Waals surface area contributed by atoms with Gasteiger partial charge in [-0.2, -0.15) is 0 Å². The third-order valence-corrected chi connectivity index (χ3v) is 4.90. The maximum Gasteiger partial charge on any atom is 0.348 e. The van der Waals surface area contributed by atoms with Crippen molar-refractivity contribution in [1.82, 2.24) is 14.9 Å². The van der Waals surface area contributed by atoms with Crippen molar-refractivity contribution in [2.24, 2.45) is 5.92 Å². The van der Waals surface area contributed by atoms with Gasteiger partial charge in [0.25, 0.3) is 0 Å². The van der Waals surface area contributed by atoms with E-state index in [1.165, 1.54) is 24.2 Å². The van der Waals surface area contributed by atoms with Crippen LogP contribution in [0.1, 0.15) is 34.4 Å². The second-order valence-corrected chi connectivity index (χ2v) is 6.87. The van der Waals surface area contributed by atoms with E-state index in [4.69, 9.17) is 0 Å². The maximum atomic E-state index is 11.5. The molecule has 0 saturated carbocycles. The van der Waals surface area contributed by atoms with Gasteiger partial charge in [0.05, 0.1) is 12.2 Å². The highest BCUT2D eigenvalue weighted by Gasteiger charge is 2.22. The quantitative estimate of drug-likeness (QED) is 0.938. The largest absolute Gasteiger partial charge is 0.477 e. The number of carbonyl (C=O) groups is 1. The number of rotatable bonds is 4. The topological polar surface area (TPSA) is 66.3 Å². The van der Waals surface area contributed by atoms with Gasteiger partial charge in [-0.25, -0.2) is 9.78 Å². The number of carboxylic acids is 1. The minimum absolute atomic E-state index is 0.277. The Labute approximate surface area is 133 Å². The predicted molar refractivity (Wildman–Crippen MR) is 86.0 cm³/mol. The van der Waals surface area contributed by atoms with E-state index in [1.54, 1.807) is 12.3 Å². The zero-order valence-corrected chi connectivity index (χ0v) is 13.3. The van der Waals surface area contributed by atoms with Crippen molar-refractivity contribution >= 4 is 17.3 Å². The van der Waals surface area contributed by atoms with Crippen molar-refractivity contribution in [1.29, 1.82) is 0 Å². The summed E-state index contributed by atoms with van der Waals surface area (Å²) in [4.78, 5) is 22.9. The summed E-state index contributed by atoms with van der Waals surface area (Å²) in [6.45, 7) is 5.10. The number of nitrogens with zero attached hydrogens (tertiary/aromatic N) is 3. The Bertz CT molecular complexity index is 657. The molecule has 116 valence electrons. The lowest BCUT2D eigenvalue weighted by Gasteiger charge is -2.29. The number of carboxylic acid groups (broad SMARTS) is 1. The molecule has 3 heterocycles. The summed E-state index contributed by atoms with van der Waals surface area (Å²) in [6, 6.07) is 5.46. The molecule has 1 unspecified atom stereocenters. The van der Waals surface area contributed by atoms with Gasteiger partial charge in [-0.3, -0.25) is 9.88 Å². The van der Waals surface area contributed by atoms with Crippen LogP contribution < -0.4 is 0 Å². The molecular formula is C16H19N3O2S. The molecule has 3 rings (SSSR count). The van der Waals surface area contributed by atoms with Crippen LogP contribution in [0.15, 0.2) is 24.4 Å². The second-order valence-electron chi connectivity index (χ2n) is 5.79. The lowest BCUT2D eigenvalue weighted by Crippen LogP contribution is -2.33. The normalized spacial score (nSPS) is 19.2. The van der Waals surface area contributed by atoms with Crippen LogP contribution in [0.4, 0.5) is 0 Å². The van der Waals surface area contributed by atoms with Crippen LogP contribution in [-0.2, 0) is 6.54 Å². The van der Waals surface area contributed by atoms with Gasteiger partial charge in [-0.15, -0.1) is 11.3 Å². The fraction of sp³-hybridized carbons (Fsp3) is 0.438. The number of likely N-dealkylation sites (tertiary alicyclic amines) is 1.